The van der Waals surface area contributed by atoms with Gasteiger partial charge in [0.15, 0.2) is 0 Å². The van der Waals surface area contributed by atoms with E-state index in [4.69, 9.17) is 17.3 Å². The Kier molecular flexibility index (Phi) is 4.66. The Bertz CT molecular complexity index is 464. The van der Waals surface area contributed by atoms with Crippen molar-refractivity contribution in [1.82, 2.24) is 5.32 Å². The monoisotopic (exact) mass is 281 g/mol. The molecule has 0 aromatic heterocycles. The Labute approximate surface area is 118 Å². The minimum atomic E-state index is -0.211. The molecule has 0 aliphatic carbocycles. The van der Waals surface area contributed by atoms with Crippen molar-refractivity contribution < 1.29 is 4.79 Å². The molecule has 1 unspecified atom stereocenters. The van der Waals surface area contributed by atoms with Crippen molar-refractivity contribution in [2.45, 2.75) is 19.9 Å². The number of hydrogen-bond acceptors (Lipinski definition) is 3. The lowest BCUT2D eigenvalue weighted by Gasteiger charge is -2.19. The highest BCUT2D eigenvalue weighted by Gasteiger charge is 2.26. The zero-order valence-corrected chi connectivity index (χ0v) is 11.9. The second-order valence-electron chi connectivity index (χ2n) is 4.89. The largest absolute Gasteiger partial charge is 0.371 e. The Hall–Kier alpha value is -1.26. The van der Waals surface area contributed by atoms with Crippen molar-refractivity contribution in [3.05, 3.63) is 28.8 Å². The van der Waals surface area contributed by atoms with Crippen LogP contribution >= 0.6 is 11.6 Å². The van der Waals surface area contributed by atoms with E-state index >= 15 is 0 Å². The maximum Gasteiger partial charge on any atom is 0.222 e. The van der Waals surface area contributed by atoms with Crippen molar-refractivity contribution in [2.75, 3.05) is 24.5 Å². The summed E-state index contributed by atoms with van der Waals surface area (Å²) in [6, 6.07) is 6.07. The standard InChI is InChI=1S/C14H20ClN3O/c1-2-17-8-10-3-4-12(7-13(10)15)18-6-5-11(9-18)14(16)19/h3-4,7,11,17H,2,5-6,8-9H2,1H3,(H2,16,19). The number of nitrogens with zero attached hydrogens (tertiary/aromatic N) is 1. The Morgan fingerprint density at radius 1 is 1.58 bits per heavy atom. The molecule has 5 heteroatoms. The third kappa shape index (κ3) is 3.39. The number of anilines is 1. The van der Waals surface area contributed by atoms with Crippen LogP contribution in [-0.2, 0) is 11.3 Å². The molecule has 1 aromatic rings. The van der Waals surface area contributed by atoms with E-state index < -0.39 is 0 Å². The summed E-state index contributed by atoms with van der Waals surface area (Å²) in [7, 11) is 0. The van der Waals surface area contributed by atoms with Crippen LogP contribution in [0.25, 0.3) is 0 Å². The van der Waals surface area contributed by atoms with Crippen LogP contribution in [-0.4, -0.2) is 25.5 Å². The molecule has 1 amide bonds. The van der Waals surface area contributed by atoms with Crippen LogP contribution in [0.15, 0.2) is 18.2 Å². The smallest absolute Gasteiger partial charge is 0.222 e. The SMILES string of the molecule is CCNCc1ccc(N2CCC(C(N)=O)C2)cc1Cl. The molecular formula is C14H20ClN3O. The second-order valence-corrected chi connectivity index (χ2v) is 5.30. The van der Waals surface area contributed by atoms with Crippen LogP contribution in [0.3, 0.4) is 0 Å². The van der Waals surface area contributed by atoms with E-state index in [9.17, 15) is 4.79 Å². The van der Waals surface area contributed by atoms with Crippen molar-refractivity contribution in [2.24, 2.45) is 11.7 Å². The molecule has 1 atom stereocenters. The molecule has 1 aliphatic heterocycles. The Morgan fingerprint density at radius 3 is 2.95 bits per heavy atom. The molecule has 0 spiro atoms. The maximum absolute atomic E-state index is 11.2. The molecule has 1 aliphatic rings. The molecule has 0 radical (unpaired) electrons. The summed E-state index contributed by atoms with van der Waals surface area (Å²) in [5.74, 6) is -0.252. The summed E-state index contributed by atoms with van der Waals surface area (Å²) in [6.07, 6.45) is 0.825. The van der Waals surface area contributed by atoms with Gasteiger partial charge in [-0.15, -0.1) is 0 Å². The van der Waals surface area contributed by atoms with Gasteiger partial charge in [0.25, 0.3) is 0 Å². The highest BCUT2D eigenvalue weighted by atomic mass is 35.5. The van der Waals surface area contributed by atoms with Crippen molar-refractivity contribution in [1.29, 1.82) is 0 Å². The summed E-state index contributed by atoms with van der Waals surface area (Å²) in [6.45, 7) is 5.31. The lowest BCUT2D eigenvalue weighted by molar-refractivity contribution is -0.121. The van der Waals surface area contributed by atoms with Crippen molar-refractivity contribution >= 4 is 23.2 Å². The molecule has 4 nitrogen and oxygen atoms in total. The predicted molar refractivity (Wildman–Crippen MR) is 78.3 cm³/mol. The number of rotatable bonds is 5. The van der Waals surface area contributed by atoms with Gasteiger partial charge >= 0.3 is 0 Å². The zero-order valence-electron chi connectivity index (χ0n) is 11.2. The average Bonchev–Trinajstić information content (AvgIpc) is 2.87. The van der Waals surface area contributed by atoms with Gasteiger partial charge in [0.1, 0.15) is 0 Å². The molecule has 0 saturated carbocycles. The van der Waals surface area contributed by atoms with E-state index in [-0.39, 0.29) is 11.8 Å². The minimum Gasteiger partial charge on any atom is -0.371 e. The number of carbonyl (C=O) groups excluding carboxylic acids is 1. The molecule has 1 aromatic carbocycles. The number of primary amides is 1. The van der Waals surface area contributed by atoms with Gasteiger partial charge in [0.2, 0.25) is 5.91 Å². The summed E-state index contributed by atoms with van der Waals surface area (Å²) >= 11 is 6.28. The third-order valence-electron chi connectivity index (χ3n) is 3.56. The molecular weight excluding hydrogens is 262 g/mol. The highest BCUT2D eigenvalue weighted by molar-refractivity contribution is 6.31. The van der Waals surface area contributed by atoms with Crippen LogP contribution in [0.1, 0.15) is 18.9 Å². The van der Waals surface area contributed by atoms with Crippen LogP contribution < -0.4 is 16.0 Å². The van der Waals surface area contributed by atoms with Crippen molar-refractivity contribution in [3.8, 4) is 0 Å². The normalized spacial score (nSPS) is 18.8. The highest BCUT2D eigenvalue weighted by Crippen LogP contribution is 2.28. The lowest BCUT2D eigenvalue weighted by atomic mass is 10.1. The first-order valence-corrected chi connectivity index (χ1v) is 7.03. The molecule has 1 fully saturated rings. The molecule has 1 heterocycles. The maximum atomic E-state index is 11.2. The molecule has 2 rings (SSSR count). The van der Waals surface area contributed by atoms with Gasteiger partial charge < -0.3 is 16.0 Å². The first kappa shape index (κ1) is 14.2. The molecule has 0 bridgehead atoms. The molecule has 3 N–H and O–H groups in total. The molecule has 1 saturated heterocycles. The average molecular weight is 282 g/mol. The van der Waals surface area contributed by atoms with Gasteiger partial charge in [0, 0.05) is 30.3 Å². The van der Waals surface area contributed by atoms with Gasteiger partial charge in [-0.3, -0.25) is 4.79 Å². The summed E-state index contributed by atoms with van der Waals surface area (Å²) in [4.78, 5) is 13.3. The summed E-state index contributed by atoms with van der Waals surface area (Å²) in [5.41, 5.74) is 7.51. The number of nitrogens with one attached hydrogen (secondary N) is 1. The fourth-order valence-electron chi connectivity index (χ4n) is 2.36. The first-order chi connectivity index (χ1) is 9.11. The van der Waals surface area contributed by atoms with E-state index in [0.29, 0.717) is 6.54 Å². The predicted octanol–water partition coefficient (Wildman–Crippen LogP) is 1.76. The number of amides is 1. The number of hydrogen-bond donors (Lipinski definition) is 2. The number of carbonyl (C=O) groups is 1. The zero-order chi connectivity index (χ0) is 13.8. The summed E-state index contributed by atoms with van der Waals surface area (Å²) in [5, 5.41) is 4.02. The van der Waals surface area contributed by atoms with Gasteiger partial charge in [-0.05, 0) is 30.7 Å². The third-order valence-corrected chi connectivity index (χ3v) is 3.91. The van der Waals surface area contributed by atoms with Crippen LogP contribution in [0.5, 0.6) is 0 Å². The van der Waals surface area contributed by atoms with Gasteiger partial charge in [-0.2, -0.15) is 0 Å². The quantitative estimate of drug-likeness (QED) is 0.865. The van der Waals surface area contributed by atoms with Crippen molar-refractivity contribution in [3.63, 3.8) is 0 Å². The van der Waals surface area contributed by atoms with E-state index in [2.05, 4.69) is 23.2 Å². The van der Waals surface area contributed by atoms with E-state index in [0.717, 1.165) is 42.3 Å². The summed E-state index contributed by atoms with van der Waals surface area (Å²) < 4.78 is 0. The van der Waals surface area contributed by atoms with Gasteiger partial charge in [0.05, 0.1) is 5.92 Å². The Morgan fingerprint density at radius 2 is 2.37 bits per heavy atom. The van der Waals surface area contributed by atoms with E-state index in [1.165, 1.54) is 0 Å². The van der Waals surface area contributed by atoms with Crippen LogP contribution in [0.2, 0.25) is 5.02 Å². The molecule has 104 valence electrons. The van der Waals surface area contributed by atoms with Gasteiger partial charge in [-0.25, -0.2) is 0 Å². The van der Waals surface area contributed by atoms with Crippen LogP contribution in [0, 0.1) is 5.92 Å². The topological polar surface area (TPSA) is 58.4 Å². The Balaban J connectivity index is 2.06. The lowest BCUT2D eigenvalue weighted by Crippen LogP contribution is -2.27. The minimum absolute atomic E-state index is 0.0415. The number of halogens is 1. The second kappa shape index (κ2) is 6.26. The van der Waals surface area contributed by atoms with E-state index in [1.54, 1.807) is 0 Å². The van der Waals surface area contributed by atoms with Gasteiger partial charge in [-0.1, -0.05) is 24.6 Å². The first-order valence-electron chi connectivity index (χ1n) is 6.65. The fourth-order valence-corrected chi connectivity index (χ4v) is 2.60. The van der Waals surface area contributed by atoms with Crippen LogP contribution in [0.4, 0.5) is 5.69 Å². The number of benzene rings is 1. The fraction of sp³-hybridized carbons (Fsp3) is 0.500. The molecule has 19 heavy (non-hydrogen) atoms. The number of nitrogens with two attached hydrogens (primary N) is 1. The van der Waals surface area contributed by atoms with E-state index in [1.807, 2.05) is 12.1 Å².